The van der Waals surface area contributed by atoms with E-state index in [4.69, 9.17) is 16.3 Å². The fraction of sp³-hybridized carbons (Fsp3) is 0.125. The number of benzene rings is 3. The van der Waals surface area contributed by atoms with Crippen molar-refractivity contribution < 1.29 is 13.9 Å². The summed E-state index contributed by atoms with van der Waals surface area (Å²) >= 11 is 6.14. The Morgan fingerprint density at radius 1 is 1.10 bits per heavy atom. The summed E-state index contributed by atoms with van der Waals surface area (Å²) in [6, 6.07) is 19.5. The molecule has 0 bridgehead atoms. The molecule has 0 radical (unpaired) electrons. The average molecular weight is 423 g/mol. The van der Waals surface area contributed by atoms with Gasteiger partial charge in [-0.25, -0.2) is 4.39 Å². The number of nitrogens with one attached hydrogen (secondary N) is 1. The van der Waals surface area contributed by atoms with E-state index in [0.29, 0.717) is 23.0 Å². The molecule has 0 atom stereocenters. The van der Waals surface area contributed by atoms with E-state index in [0.717, 1.165) is 22.0 Å². The lowest BCUT2D eigenvalue weighted by atomic mass is 10.1. The Kier molecular flexibility index (Phi) is 5.72. The van der Waals surface area contributed by atoms with E-state index in [-0.39, 0.29) is 18.1 Å². The minimum Gasteiger partial charge on any atom is -0.495 e. The first kappa shape index (κ1) is 20.0. The number of anilines is 1. The Bertz CT molecular complexity index is 1200. The monoisotopic (exact) mass is 422 g/mol. The lowest BCUT2D eigenvalue weighted by molar-refractivity contribution is -0.115. The number of fused-ring (bicyclic) bond motifs is 1. The molecule has 0 saturated heterocycles. The molecule has 0 spiro atoms. The maximum absolute atomic E-state index is 13.2. The first-order valence-electron chi connectivity index (χ1n) is 9.48. The van der Waals surface area contributed by atoms with Crippen LogP contribution in [0.3, 0.4) is 0 Å². The minimum atomic E-state index is -0.257. The SMILES string of the molecule is COc1ccc(NC(=O)Cc2cn(Cc3ccc(F)cc3)c3ccccc23)cc1Cl. The molecule has 4 rings (SSSR count). The smallest absolute Gasteiger partial charge is 0.228 e. The third-order valence-corrected chi connectivity index (χ3v) is 5.22. The second-order valence-electron chi connectivity index (χ2n) is 7.00. The van der Waals surface area contributed by atoms with Crippen LogP contribution in [0, 0.1) is 5.82 Å². The highest BCUT2D eigenvalue weighted by molar-refractivity contribution is 6.32. The van der Waals surface area contributed by atoms with Gasteiger partial charge in [-0.15, -0.1) is 0 Å². The predicted octanol–water partition coefficient (Wildman–Crippen LogP) is 5.67. The van der Waals surface area contributed by atoms with Gasteiger partial charge in [0, 0.05) is 29.3 Å². The molecule has 0 fully saturated rings. The van der Waals surface area contributed by atoms with Crippen molar-refractivity contribution in [2.24, 2.45) is 0 Å². The van der Waals surface area contributed by atoms with Gasteiger partial charge in [-0.2, -0.15) is 0 Å². The van der Waals surface area contributed by atoms with Crippen molar-refractivity contribution in [2.75, 3.05) is 12.4 Å². The zero-order chi connectivity index (χ0) is 21.1. The highest BCUT2D eigenvalue weighted by Gasteiger charge is 2.13. The largest absolute Gasteiger partial charge is 0.495 e. The van der Waals surface area contributed by atoms with E-state index in [1.54, 1.807) is 37.4 Å². The van der Waals surface area contributed by atoms with Crippen LogP contribution >= 0.6 is 11.6 Å². The molecule has 4 aromatic rings. The van der Waals surface area contributed by atoms with Crippen molar-refractivity contribution in [1.82, 2.24) is 4.57 Å². The number of hydrogen-bond donors (Lipinski definition) is 1. The average Bonchev–Trinajstić information content (AvgIpc) is 3.07. The van der Waals surface area contributed by atoms with E-state index >= 15 is 0 Å². The van der Waals surface area contributed by atoms with Crippen LogP contribution in [0.5, 0.6) is 5.75 Å². The van der Waals surface area contributed by atoms with Gasteiger partial charge in [0.15, 0.2) is 0 Å². The molecule has 4 nitrogen and oxygen atoms in total. The molecule has 0 aliphatic carbocycles. The number of rotatable bonds is 6. The molecule has 6 heteroatoms. The quantitative estimate of drug-likeness (QED) is 0.435. The third-order valence-electron chi connectivity index (χ3n) is 4.92. The summed E-state index contributed by atoms with van der Waals surface area (Å²) in [5, 5.41) is 4.34. The van der Waals surface area contributed by atoms with Crippen LogP contribution in [0.25, 0.3) is 10.9 Å². The van der Waals surface area contributed by atoms with E-state index in [9.17, 15) is 9.18 Å². The van der Waals surface area contributed by atoms with Gasteiger partial charge in [0.2, 0.25) is 5.91 Å². The number of ether oxygens (including phenoxy) is 1. The molecule has 152 valence electrons. The zero-order valence-electron chi connectivity index (χ0n) is 16.4. The number of halogens is 2. The maximum atomic E-state index is 13.2. The highest BCUT2D eigenvalue weighted by Crippen LogP contribution is 2.28. The molecule has 0 aliphatic heterocycles. The van der Waals surface area contributed by atoms with Crippen LogP contribution in [0.2, 0.25) is 5.02 Å². The molecule has 1 amide bonds. The Balaban J connectivity index is 1.56. The summed E-state index contributed by atoms with van der Waals surface area (Å²) in [4.78, 5) is 12.7. The molecule has 1 N–H and O–H groups in total. The number of carbonyl (C=O) groups is 1. The summed E-state index contributed by atoms with van der Waals surface area (Å²) in [6.45, 7) is 0.594. The first-order valence-corrected chi connectivity index (χ1v) is 9.86. The molecule has 1 heterocycles. The van der Waals surface area contributed by atoms with E-state index in [1.807, 2.05) is 30.5 Å². The number of nitrogens with zero attached hydrogens (tertiary/aromatic N) is 1. The fourth-order valence-electron chi connectivity index (χ4n) is 3.50. The van der Waals surface area contributed by atoms with Crippen LogP contribution in [-0.2, 0) is 17.8 Å². The summed E-state index contributed by atoms with van der Waals surface area (Å²) in [6.07, 6.45) is 2.20. The van der Waals surface area contributed by atoms with Gasteiger partial charge in [-0.1, -0.05) is 41.9 Å². The Labute approximate surface area is 178 Å². The Hall–Kier alpha value is -3.31. The number of amides is 1. The Morgan fingerprint density at radius 3 is 2.60 bits per heavy atom. The number of methoxy groups -OCH3 is 1. The van der Waals surface area contributed by atoms with Crippen molar-refractivity contribution in [3.05, 3.63) is 94.9 Å². The van der Waals surface area contributed by atoms with Gasteiger partial charge in [0.1, 0.15) is 11.6 Å². The summed E-state index contributed by atoms with van der Waals surface area (Å²) in [5.41, 5.74) is 3.55. The summed E-state index contributed by atoms with van der Waals surface area (Å²) in [7, 11) is 1.54. The highest BCUT2D eigenvalue weighted by atomic mass is 35.5. The number of carbonyl (C=O) groups excluding carboxylic acids is 1. The van der Waals surface area contributed by atoms with Gasteiger partial charge in [-0.3, -0.25) is 4.79 Å². The van der Waals surface area contributed by atoms with Crippen molar-refractivity contribution in [2.45, 2.75) is 13.0 Å². The molecule has 0 saturated carbocycles. The molecule has 0 aliphatic rings. The van der Waals surface area contributed by atoms with Crippen molar-refractivity contribution in [3.8, 4) is 5.75 Å². The molecular weight excluding hydrogens is 403 g/mol. The standard InChI is InChI=1S/C24H20ClFN2O2/c1-30-23-11-10-19(13-21(23)25)27-24(29)12-17-15-28(22-5-3-2-4-20(17)22)14-16-6-8-18(26)9-7-16/h2-11,13,15H,12,14H2,1H3,(H,27,29). The molecule has 3 aromatic carbocycles. The van der Waals surface area contributed by atoms with Crippen molar-refractivity contribution in [1.29, 1.82) is 0 Å². The fourth-order valence-corrected chi connectivity index (χ4v) is 3.76. The van der Waals surface area contributed by atoms with Gasteiger partial charge in [0.05, 0.1) is 18.6 Å². The number of para-hydroxylation sites is 1. The zero-order valence-corrected chi connectivity index (χ0v) is 17.1. The topological polar surface area (TPSA) is 43.3 Å². The van der Waals surface area contributed by atoms with Crippen molar-refractivity contribution >= 4 is 34.1 Å². The molecule has 0 unspecified atom stereocenters. The van der Waals surface area contributed by atoms with Crippen LogP contribution in [0.4, 0.5) is 10.1 Å². The second kappa shape index (κ2) is 8.59. The summed E-state index contributed by atoms with van der Waals surface area (Å²) < 4.78 is 20.4. The van der Waals surface area contributed by atoms with Gasteiger partial charge in [0.25, 0.3) is 0 Å². The lowest BCUT2D eigenvalue weighted by Crippen LogP contribution is -2.14. The summed E-state index contributed by atoms with van der Waals surface area (Å²) in [5.74, 6) is 0.159. The number of hydrogen-bond acceptors (Lipinski definition) is 2. The predicted molar refractivity (Wildman–Crippen MR) is 118 cm³/mol. The van der Waals surface area contributed by atoms with Crippen LogP contribution < -0.4 is 10.1 Å². The normalized spacial score (nSPS) is 10.9. The van der Waals surface area contributed by atoms with E-state index in [1.165, 1.54) is 12.1 Å². The first-order chi connectivity index (χ1) is 14.5. The van der Waals surface area contributed by atoms with E-state index < -0.39 is 0 Å². The van der Waals surface area contributed by atoms with Gasteiger partial charge in [-0.05, 0) is 47.5 Å². The maximum Gasteiger partial charge on any atom is 0.228 e. The van der Waals surface area contributed by atoms with Gasteiger partial charge >= 0.3 is 0 Å². The van der Waals surface area contributed by atoms with Crippen molar-refractivity contribution in [3.63, 3.8) is 0 Å². The molecular formula is C24H20ClFN2O2. The van der Waals surface area contributed by atoms with Crippen LogP contribution in [0.1, 0.15) is 11.1 Å². The van der Waals surface area contributed by atoms with E-state index in [2.05, 4.69) is 9.88 Å². The Morgan fingerprint density at radius 2 is 1.87 bits per heavy atom. The second-order valence-corrected chi connectivity index (χ2v) is 7.41. The van der Waals surface area contributed by atoms with Crippen LogP contribution in [-0.4, -0.2) is 17.6 Å². The minimum absolute atomic E-state index is 0.138. The molecule has 30 heavy (non-hydrogen) atoms. The number of aromatic nitrogens is 1. The third kappa shape index (κ3) is 4.31. The lowest BCUT2D eigenvalue weighted by Gasteiger charge is -2.08. The van der Waals surface area contributed by atoms with Gasteiger partial charge < -0.3 is 14.6 Å². The molecule has 1 aromatic heterocycles. The van der Waals surface area contributed by atoms with Crippen LogP contribution in [0.15, 0.2) is 72.9 Å².